The normalized spacial score (nSPS) is 16.4. The van der Waals surface area contributed by atoms with Gasteiger partial charge in [0, 0.05) is 57.3 Å². The Balaban J connectivity index is 1.50. The first-order valence-corrected chi connectivity index (χ1v) is 9.12. The van der Waals surface area contributed by atoms with Crippen molar-refractivity contribution in [3.05, 3.63) is 36.7 Å². The second-order valence-corrected chi connectivity index (χ2v) is 6.86. The van der Waals surface area contributed by atoms with E-state index < -0.39 is 6.04 Å². The first-order chi connectivity index (χ1) is 12.6. The molecule has 1 fully saturated rings. The summed E-state index contributed by atoms with van der Waals surface area (Å²) in [5.74, 6) is 0.396. The summed E-state index contributed by atoms with van der Waals surface area (Å²) in [6.45, 7) is 3.83. The lowest BCUT2D eigenvalue weighted by atomic mass is 9.93. The molecule has 0 bridgehead atoms. The van der Waals surface area contributed by atoms with Crippen molar-refractivity contribution in [2.24, 2.45) is 5.92 Å². The second-order valence-electron chi connectivity index (χ2n) is 6.86. The van der Waals surface area contributed by atoms with Gasteiger partial charge in [-0.25, -0.2) is 4.98 Å². The number of piperidine rings is 1. The number of rotatable bonds is 7. The summed E-state index contributed by atoms with van der Waals surface area (Å²) in [6, 6.07) is 1.39. The second kappa shape index (κ2) is 8.64. The van der Waals surface area contributed by atoms with Gasteiger partial charge in [0.15, 0.2) is 0 Å². The first kappa shape index (κ1) is 18.2. The Bertz CT molecular complexity index is 689. The lowest BCUT2D eigenvalue weighted by Crippen LogP contribution is -2.51. The lowest BCUT2D eigenvalue weighted by Gasteiger charge is -2.34. The van der Waals surface area contributed by atoms with Crippen molar-refractivity contribution in [3.63, 3.8) is 0 Å². The van der Waals surface area contributed by atoms with Gasteiger partial charge < -0.3 is 15.2 Å². The number of imidazole rings is 1. The fourth-order valence-electron chi connectivity index (χ4n) is 3.47. The fourth-order valence-corrected chi connectivity index (χ4v) is 3.47. The van der Waals surface area contributed by atoms with E-state index in [1.54, 1.807) is 18.7 Å². The van der Waals surface area contributed by atoms with E-state index in [-0.39, 0.29) is 11.8 Å². The molecular formula is C18H26N6O2. The van der Waals surface area contributed by atoms with Crippen LogP contribution in [0.25, 0.3) is 0 Å². The van der Waals surface area contributed by atoms with Gasteiger partial charge in [0.05, 0.1) is 6.33 Å². The third-order valence-electron chi connectivity index (χ3n) is 4.91. The summed E-state index contributed by atoms with van der Waals surface area (Å²) >= 11 is 0. The van der Waals surface area contributed by atoms with Crippen LogP contribution in [0.1, 0.15) is 31.9 Å². The third kappa shape index (κ3) is 4.93. The predicted molar refractivity (Wildman–Crippen MR) is 96.0 cm³/mol. The van der Waals surface area contributed by atoms with E-state index in [4.69, 9.17) is 0 Å². The van der Waals surface area contributed by atoms with Crippen LogP contribution < -0.4 is 5.32 Å². The molecule has 0 spiro atoms. The van der Waals surface area contributed by atoms with Crippen LogP contribution in [0.2, 0.25) is 0 Å². The van der Waals surface area contributed by atoms with E-state index in [1.165, 1.54) is 6.92 Å². The Hall–Kier alpha value is -2.64. The molecule has 1 saturated heterocycles. The van der Waals surface area contributed by atoms with Gasteiger partial charge in [-0.1, -0.05) is 0 Å². The van der Waals surface area contributed by atoms with Crippen LogP contribution in [0.5, 0.6) is 0 Å². The van der Waals surface area contributed by atoms with Gasteiger partial charge in [-0.05, 0) is 31.2 Å². The van der Waals surface area contributed by atoms with Crippen molar-refractivity contribution in [2.45, 2.75) is 45.2 Å². The SMILES string of the molecule is CC(=O)N[C@@H](Cc1cnc[nH]1)C(=O)N1CCC(CCn2cccn2)CC1. The van der Waals surface area contributed by atoms with E-state index in [0.717, 1.165) is 44.6 Å². The number of likely N-dealkylation sites (tertiary alicyclic amines) is 1. The van der Waals surface area contributed by atoms with Gasteiger partial charge in [-0.2, -0.15) is 5.10 Å². The fraction of sp³-hybridized carbons (Fsp3) is 0.556. The van der Waals surface area contributed by atoms with Crippen LogP contribution in [0.4, 0.5) is 0 Å². The molecule has 2 aromatic heterocycles. The summed E-state index contributed by atoms with van der Waals surface area (Å²) in [5.41, 5.74) is 0.839. The summed E-state index contributed by atoms with van der Waals surface area (Å²) in [4.78, 5) is 33.2. The topological polar surface area (TPSA) is 95.9 Å². The quantitative estimate of drug-likeness (QED) is 0.771. The number of H-pyrrole nitrogens is 1. The van der Waals surface area contributed by atoms with Crippen LogP contribution in [0.3, 0.4) is 0 Å². The molecule has 1 aliphatic rings. The van der Waals surface area contributed by atoms with E-state index in [0.29, 0.717) is 12.3 Å². The highest BCUT2D eigenvalue weighted by molar-refractivity contribution is 5.87. The van der Waals surface area contributed by atoms with Crippen LogP contribution in [0, 0.1) is 5.92 Å². The monoisotopic (exact) mass is 358 g/mol. The molecule has 1 atom stereocenters. The Kier molecular flexibility index (Phi) is 6.04. The van der Waals surface area contributed by atoms with Crippen LogP contribution >= 0.6 is 0 Å². The van der Waals surface area contributed by atoms with E-state index >= 15 is 0 Å². The zero-order valence-corrected chi connectivity index (χ0v) is 15.1. The van der Waals surface area contributed by atoms with Crippen molar-refractivity contribution < 1.29 is 9.59 Å². The van der Waals surface area contributed by atoms with Crippen molar-refractivity contribution in [2.75, 3.05) is 13.1 Å². The number of nitrogens with zero attached hydrogens (tertiary/aromatic N) is 4. The lowest BCUT2D eigenvalue weighted by molar-refractivity contribution is -0.137. The largest absolute Gasteiger partial charge is 0.348 e. The average molecular weight is 358 g/mol. The van der Waals surface area contributed by atoms with Gasteiger partial charge >= 0.3 is 0 Å². The molecule has 26 heavy (non-hydrogen) atoms. The van der Waals surface area contributed by atoms with Crippen molar-refractivity contribution in [1.29, 1.82) is 0 Å². The number of carbonyl (C=O) groups excluding carboxylic acids is 2. The van der Waals surface area contributed by atoms with Crippen molar-refractivity contribution >= 4 is 11.8 Å². The van der Waals surface area contributed by atoms with Gasteiger partial charge in [-0.15, -0.1) is 0 Å². The molecule has 0 unspecified atom stereocenters. The number of aryl methyl sites for hydroxylation is 1. The molecule has 2 amide bonds. The van der Waals surface area contributed by atoms with Crippen LogP contribution in [-0.4, -0.2) is 55.6 Å². The van der Waals surface area contributed by atoms with Gasteiger partial charge in [0.2, 0.25) is 11.8 Å². The summed E-state index contributed by atoms with van der Waals surface area (Å²) in [6.07, 6.45) is 10.5. The highest BCUT2D eigenvalue weighted by Crippen LogP contribution is 2.22. The summed E-state index contributed by atoms with van der Waals surface area (Å²) in [5, 5.41) is 7.01. The van der Waals surface area contributed by atoms with Gasteiger partial charge in [0.25, 0.3) is 0 Å². The molecule has 8 heteroatoms. The molecule has 0 saturated carbocycles. The van der Waals surface area contributed by atoms with E-state index in [1.807, 2.05) is 21.8 Å². The number of hydrogen-bond donors (Lipinski definition) is 2. The van der Waals surface area contributed by atoms with Crippen molar-refractivity contribution in [1.82, 2.24) is 30.0 Å². The molecule has 0 radical (unpaired) electrons. The number of hydrogen-bond acceptors (Lipinski definition) is 4. The third-order valence-corrected chi connectivity index (χ3v) is 4.91. The highest BCUT2D eigenvalue weighted by atomic mass is 16.2. The minimum absolute atomic E-state index is 0.0136. The molecule has 0 aliphatic carbocycles. The van der Waals surface area contributed by atoms with E-state index in [2.05, 4.69) is 20.4 Å². The highest BCUT2D eigenvalue weighted by Gasteiger charge is 2.29. The Morgan fingerprint density at radius 3 is 2.81 bits per heavy atom. The number of amides is 2. The number of aromatic nitrogens is 4. The average Bonchev–Trinajstić information content (AvgIpc) is 3.33. The minimum Gasteiger partial charge on any atom is -0.348 e. The van der Waals surface area contributed by atoms with Crippen LogP contribution in [0.15, 0.2) is 31.0 Å². The first-order valence-electron chi connectivity index (χ1n) is 9.12. The number of nitrogens with one attached hydrogen (secondary N) is 2. The molecule has 0 aromatic carbocycles. The smallest absolute Gasteiger partial charge is 0.245 e. The molecule has 8 nitrogen and oxygen atoms in total. The molecule has 3 rings (SSSR count). The summed E-state index contributed by atoms with van der Waals surface area (Å²) in [7, 11) is 0. The maximum absolute atomic E-state index is 12.9. The Labute approximate surface area is 153 Å². The van der Waals surface area contributed by atoms with Crippen molar-refractivity contribution in [3.8, 4) is 0 Å². The Morgan fingerprint density at radius 2 is 2.19 bits per heavy atom. The van der Waals surface area contributed by atoms with Gasteiger partial charge in [0.1, 0.15) is 6.04 Å². The molecule has 2 N–H and O–H groups in total. The number of carbonyl (C=O) groups is 2. The van der Waals surface area contributed by atoms with Gasteiger partial charge in [-0.3, -0.25) is 14.3 Å². The molecule has 140 valence electrons. The maximum atomic E-state index is 12.9. The minimum atomic E-state index is -0.548. The maximum Gasteiger partial charge on any atom is 0.245 e. The predicted octanol–water partition coefficient (Wildman–Crippen LogP) is 0.982. The van der Waals surface area contributed by atoms with E-state index in [9.17, 15) is 9.59 Å². The molecule has 2 aromatic rings. The number of aromatic amines is 1. The molecular weight excluding hydrogens is 332 g/mol. The standard InChI is InChI=1S/C18H26N6O2/c1-14(25)22-17(11-16-12-19-13-20-16)18(26)23-8-3-15(4-9-23)5-10-24-7-2-6-21-24/h2,6-7,12-13,15,17H,3-5,8-11H2,1H3,(H,19,20)(H,22,25)/t17-/m0/s1. The zero-order valence-electron chi connectivity index (χ0n) is 15.1. The summed E-state index contributed by atoms with van der Waals surface area (Å²) < 4.78 is 1.95. The van der Waals surface area contributed by atoms with Crippen LogP contribution in [-0.2, 0) is 22.6 Å². The zero-order chi connectivity index (χ0) is 18.4. The molecule has 1 aliphatic heterocycles. The Morgan fingerprint density at radius 1 is 1.38 bits per heavy atom. The molecule has 3 heterocycles.